The van der Waals surface area contributed by atoms with Gasteiger partial charge in [-0.2, -0.15) is 0 Å². The third-order valence-electron chi connectivity index (χ3n) is 7.54. The van der Waals surface area contributed by atoms with Crippen LogP contribution in [-0.4, -0.2) is 70.6 Å². The first-order valence-corrected chi connectivity index (χ1v) is 15.8. The van der Waals surface area contributed by atoms with Gasteiger partial charge in [-0.3, -0.25) is 9.80 Å². The summed E-state index contributed by atoms with van der Waals surface area (Å²) in [6.07, 6.45) is 0.620. The molecule has 0 atom stereocenters. The lowest BCUT2D eigenvalue weighted by Gasteiger charge is -2.22. The molecule has 12 heteroatoms. The van der Waals surface area contributed by atoms with Crippen LogP contribution in [0.4, 0.5) is 0 Å². The maximum Gasteiger partial charge on any atom is 0.489 e. The van der Waals surface area contributed by atoms with Crippen molar-refractivity contribution in [3.8, 4) is 11.5 Å². The molecule has 0 fully saturated rings. The molecule has 0 spiro atoms. The van der Waals surface area contributed by atoms with Crippen LogP contribution in [0.1, 0.15) is 40.2 Å². The summed E-state index contributed by atoms with van der Waals surface area (Å²) < 4.78 is 41.7. The minimum Gasteiger partial charge on any atom is -0.423 e. The number of oxime groups is 2. The van der Waals surface area contributed by atoms with Gasteiger partial charge in [0.25, 0.3) is 0 Å². The Morgan fingerprint density at radius 2 is 1.18 bits per heavy atom. The Bertz CT molecular complexity index is 2120. The van der Waals surface area contributed by atoms with Crippen LogP contribution in [-0.2, 0) is 26.2 Å². The van der Waals surface area contributed by atoms with E-state index >= 15 is 0 Å². The first-order valence-electron chi connectivity index (χ1n) is 18.3. The van der Waals surface area contributed by atoms with E-state index in [1.807, 2.05) is 80.8 Å². The molecule has 50 heavy (non-hydrogen) atoms. The summed E-state index contributed by atoms with van der Waals surface area (Å²) in [5.74, 6) is 0.406. The summed E-state index contributed by atoms with van der Waals surface area (Å²) in [5.41, 5.74) is 3.06. The van der Waals surface area contributed by atoms with E-state index in [-0.39, 0.29) is 17.0 Å². The standard InChI is InChI=1S/C38H40B2N4O6/c1-43(25-30-11-5-3-6-12-30)27-33-21-34(28-44(2)26-31-13-7-4-8-14-31)38(50-42-24-32-15-9-10-16-36(32)40(47)48)22-37(33)49-41-23-29-17-19-35(20-18-29)39(45)46/h3-24,45-48H,25-28H2,1-2H3/b41-23+,42-24+/i17D,18D,19D,20D,23D,39-1,40-1. The van der Waals surface area contributed by atoms with E-state index in [0.29, 0.717) is 42.9 Å². The van der Waals surface area contributed by atoms with E-state index in [9.17, 15) is 20.1 Å². The predicted molar refractivity (Wildman–Crippen MR) is 199 cm³/mol. The van der Waals surface area contributed by atoms with Gasteiger partial charge >= 0.3 is 14.2 Å². The van der Waals surface area contributed by atoms with Gasteiger partial charge in [0.1, 0.15) is 0 Å². The van der Waals surface area contributed by atoms with Crippen LogP contribution >= 0.6 is 0 Å². The van der Waals surface area contributed by atoms with Gasteiger partial charge in [0, 0.05) is 43.4 Å². The molecule has 0 amide bonds. The van der Waals surface area contributed by atoms with Crippen molar-refractivity contribution in [2.75, 3.05) is 14.1 Å². The SMILES string of the molecule is [2H]/C(=N\Oc1cc(O/N=C/c2ccccc2[10B](O)O)c(CN(C)Cc2ccccc2)cc1CN(C)Cc1ccccc1)c1c([2H])c([2H])c([10B](O)O)c([2H])c1[2H]. The van der Waals surface area contributed by atoms with E-state index in [0.717, 1.165) is 11.1 Å². The molecule has 0 aliphatic heterocycles. The van der Waals surface area contributed by atoms with Crippen LogP contribution < -0.4 is 20.6 Å². The highest BCUT2D eigenvalue weighted by Gasteiger charge is 2.18. The first kappa shape index (κ1) is 29.8. The second-order valence-corrected chi connectivity index (χ2v) is 11.7. The van der Waals surface area contributed by atoms with Gasteiger partial charge in [-0.05, 0) is 53.3 Å². The number of hydrogen-bond donors (Lipinski definition) is 4. The average molecular weight is 674 g/mol. The molecule has 5 aromatic carbocycles. The molecule has 254 valence electrons. The minimum atomic E-state index is -2.26. The van der Waals surface area contributed by atoms with E-state index in [1.165, 1.54) is 6.21 Å². The lowest BCUT2D eigenvalue weighted by atomic mass is 9.26. The Hall–Kier alpha value is -5.07. The molecule has 0 radical (unpaired) electrons. The van der Waals surface area contributed by atoms with Gasteiger partial charge < -0.3 is 29.8 Å². The van der Waals surface area contributed by atoms with Gasteiger partial charge in [-0.25, -0.2) is 0 Å². The Morgan fingerprint density at radius 3 is 1.72 bits per heavy atom. The minimum absolute atomic E-state index is 0.146. The van der Waals surface area contributed by atoms with Crippen LogP contribution in [0.3, 0.4) is 0 Å². The van der Waals surface area contributed by atoms with Crippen LogP contribution in [0.15, 0.2) is 132 Å². The van der Waals surface area contributed by atoms with E-state index in [4.69, 9.17) is 16.5 Å². The highest BCUT2D eigenvalue weighted by molar-refractivity contribution is 6.60. The summed E-state index contributed by atoms with van der Waals surface area (Å²) in [5, 5.41) is 47.1. The number of rotatable bonds is 16. The highest BCUT2D eigenvalue weighted by Crippen LogP contribution is 2.32. The summed E-state index contributed by atoms with van der Waals surface area (Å²) in [6.45, 7) is 1.95. The Morgan fingerprint density at radius 1 is 0.660 bits per heavy atom. The first-order chi connectivity index (χ1) is 26.3. The average Bonchev–Trinajstić information content (AvgIpc) is 3.15. The number of hydrogen-bond acceptors (Lipinski definition) is 10. The summed E-state index contributed by atoms with van der Waals surface area (Å²) in [6, 6.07) is 27.0. The monoisotopic (exact) mass is 673 g/mol. The second-order valence-electron chi connectivity index (χ2n) is 11.7. The zero-order valence-electron chi connectivity index (χ0n) is 32.7. The van der Waals surface area contributed by atoms with Crippen molar-refractivity contribution in [1.29, 1.82) is 0 Å². The maximum atomic E-state index is 9.84. The van der Waals surface area contributed by atoms with Crippen molar-refractivity contribution in [2.45, 2.75) is 26.2 Å². The van der Waals surface area contributed by atoms with Gasteiger partial charge in [0.2, 0.25) is 0 Å². The largest absolute Gasteiger partial charge is 0.489 e. The zero-order valence-corrected chi connectivity index (χ0v) is 27.7. The molecule has 0 aliphatic rings. The predicted octanol–water partition coefficient (Wildman–Crippen LogP) is 3.14. The van der Waals surface area contributed by atoms with Crippen LogP contribution in [0, 0.1) is 0 Å². The number of benzene rings is 5. The lowest BCUT2D eigenvalue weighted by Crippen LogP contribution is -2.32. The van der Waals surface area contributed by atoms with E-state index in [1.54, 1.807) is 30.3 Å². The molecule has 0 aliphatic carbocycles. The molecule has 4 N–H and O–H groups in total. The molecule has 0 saturated carbocycles. The van der Waals surface area contributed by atoms with Gasteiger partial charge in [0.05, 0.1) is 19.3 Å². The third kappa shape index (κ3) is 10.7. The van der Waals surface area contributed by atoms with Crippen LogP contribution in [0.2, 0.25) is 0 Å². The topological polar surface area (TPSA) is 131 Å². The highest BCUT2D eigenvalue weighted by atomic mass is 16.6. The van der Waals surface area contributed by atoms with Gasteiger partial charge in [-0.15, -0.1) is 0 Å². The van der Waals surface area contributed by atoms with Gasteiger partial charge in [-0.1, -0.05) is 119 Å². The Kier molecular flexibility index (Phi) is 10.8. The fraction of sp³-hybridized carbons (Fsp3) is 0.158. The number of nitrogens with zero attached hydrogens (tertiary/aromatic N) is 4. The molecule has 0 heterocycles. The maximum absolute atomic E-state index is 9.84. The quantitative estimate of drug-likeness (QED) is 0.0715. The van der Waals surface area contributed by atoms with Crippen molar-refractivity contribution in [1.82, 2.24) is 9.80 Å². The Labute approximate surface area is 300 Å². The van der Waals surface area contributed by atoms with Crippen molar-refractivity contribution < 1.29 is 36.6 Å². The molecule has 5 rings (SSSR count). The molecular weight excluding hydrogens is 628 g/mol. The molecule has 0 unspecified atom stereocenters. The molecular formula is C38H40B2N4O6. The molecule has 0 aromatic heterocycles. The van der Waals surface area contributed by atoms with Crippen molar-refractivity contribution in [2.24, 2.45) is 10.3 Å². The van der Waals surface area contributed by atoms with Crippen LogP contribution in [0.25, 0.3) is 0 Å². The van der Waals surface area contributed by atoms with E-state index < -0.39 is 55.6 Å². The fourth-order valence-corrected chi connectivity index (χ4v) is 5.19. The van der Waals surface area contributed by atoms with Gasteiger partial charge in [0.15, 0.2) is 11.5 Å². The summed E-state index contributed by atoms with van der Waals surface area (Å²) in [7, 11) is -0.0983. The van der Waals surface area contributed by atoms with Crippen LogP contribution in [0.5, 0.6) is 11.5 Å². The molecule has 5 aromatic rings. The fourth-order valence-electron chi connectivity index (χ4n) is 5.19. The van der Waals surface area contributed by atoms with Crippen molar-refractivity contribution in [3.63, 3.8) is 0 Å². The molecule has 10 nitrogen and oxygen atoms in total. The summed E-state index contributed by atoms with van der Waals surface area (Å²) >= 11 is 0. The lowest BCUT2D eigenvalue weighted by molar-refractivity contribution is 0.284. The zero-order chi connectivity index (χ0) is 39.6. The molecule has 0 saturated heterocycles. The Balaban J connectivity index is 1.57. The summed E-state index contributed by atoms with van der Waals surface area (Å²) in [4.78, 5) is 16.0. The van der Waals surface area contributed by atoms with E-state index in [2.05, 4.69) is 20.1 Å². The molecule has 0 bridgehead atoms. The second kappa shape index (κ2) is 18.1. The van der Waals surface area contributed by atoms with Crippen molar-refractivity contribution >= 4 is 37.6 Å². The normalized spacial score (nSPS) is 13.1. The smallest absolute Gasteiger partial charge is 0.423 e. The third-order valence-corrected chi connectivity index (χ3v) is 7.54. The van der Waals surface area contributed by atoms with Crippen molar-refractivity contribution in [3.05, 3.63) is 155 Å².